The van der Waals surface area contributed by atoms with E-state index in [0.29, 0.717) is 0 Å². The lowest BCUT2D eigenvalue weighted by Crippen LogP contribution is -2.38. The van der Waals surface area contributed by atoms with Gasteiger partial charge in [-0.3, -0.25) is 0 Å². The second-order valence-electron chi connectivity index (χ2n) is 1.63. The Kier molecular flexibility index (Phi) is 3.74. The minimum atomic E-state index is -0.697. The van der Waals surface area contributed by atoms with E-state index in [0.717, 1.165) is 0 Å². The zero-order chi connectivity index (χ0) is 7.28. The van der Waals surface area contributed by atoms with E-state index in [1.165, 1.54) is 0 Å². The number of hydrogen-bond acceptors (Lipinski definition) is 3. The van der Waals surface area contributed by atoms with E-state index >= 15 is 0 Å². The molecule has 5 heteroatoms. The number of primary amides is 1. The Bertz CT molecular complexity index is 95.8. The van der Waals surface area contributed by atoms with Crippen LogP contribution in [0.25, 0.3) is 0 Å². The Labute approximate surface area is 53.0 Å². The van der Waals surface area contributed by atoms with Crippen LogP contribution in [0.5, 0.6) is 0 Å². The molecule has 0 aromatic heterocycles. The highest BCUT2D eigenvalue weighted by molar-refractivity contribution is 5.71. The fourth-order valence-corrected chi connectivity index (χ4v) is 0.302. The summed E-state index contributed by atoms with van der Waals surface area (Å²) in [7, 11) is 0. The Balaban J connectivity index is 3.16. The SMILES string of the molecule is NCC(O)CNC(N)=O. The van der Waals surface area contributed by atoms with Crippen molar-refractivity contribution in [2.75, 3.05) is 13.1 Å². The van der Waals surface area contributed by atoms with Crippen molar-refractivity contribution in [3.8, 4) is 0 Å². The van der Waals surface area contributed by atoms with E-state index in [-0.39, 0.29) is 13.1 Å². The monoisotopic (exact) mass is 133 g/mol. The summed E-state index contributed by atoms with van der Waals surface area (Å²) < 4.78 is 0. The lowest BCUT2D eigenvalue weighted by atomic mass is 10.4. The van der Waals surface area contributed by atoms with E-state index in [1.54, 1.807) is 0 Å². The van der Waals surface area contributed by atoms with Gasteiger partial charge in [-0.15, -0.1) is 0 Å². The normalized spacial score (nSPS) is 12.7. The van der Waals surface area contributed by atoms with Gasteiger partial charge in [0.15, 0.2) is 0 Å². The molecule has 0 rings (SSSR count). The molecule has 1 unspecified atom stereocenters. The second kappa shape index (κ2) is 4.11. The molecular formula is C4H11N3O2. The van der Waals surface area contributed by atoms with Crippen LogP contribution in [-0.4, -0.2) is 30.3 Å². The van der Waals surface area contributed by atoms with Gasteiger partial charge in [-0.05, 0) is 0 Å². The van der Waals surface area contributed by atoms with Gasteiger partial charge in [0.2, 0.25) is 0 Å². The highest BCUT2D eigenvalue weighted by Gasteiger charge is 1.99. The number of carbonyl (C=O) groups is 1. The van der Waals surface area contributed by atoms with Crippen LogP contribution in [0.2, 0.25) is 0 Å². The van der Waals surface area contributed by atoms with Crippen LogP contribution in [-0.2, 0) is 0 Å². The van der Waals surface area contributed by atoms with E-state index in [2.05, 4.69) is 5.32 Å². The Hall–Kier alpha value is -0.810. The van der Waals surface area contributed by atoms with Gasteiger partial charge in [0.05, 0.1) is 6.10 Å². The summed E-state index contributed by atoms with van der Waals surface area (Å²) in [6.45, 7) is 0.242. The maximum atomic E-state index is 9.98. The number of urea groups is 1. The average Bonchev–Trinajstić information content (AvgIpc) is 1.83. The van der Waals surface area contributed by atoms with E-state index in [9.17, 15) is 4.79 Å². The fourth-order valence-electron chi connectivity index (χ4n) is 0.302. The summed E-state index contributed by atoms with van der Waals surface area (Å²) in [6, 6.07) is -0.650. The lowest BCUT2D eigenvalue weighted by molar-refractivity contribution is 0.179. The summed E-state index contributed by atoms with van der Waals surface area (Å²) in [5.74, 6) is 0. The van der Waals surface area contributed by atoms with Gasteiger partial charge in [0.1, 0.15) is 0 Å². The summed E-state index contributed by atoms with van der Waals surface area (Å²) in [4.78, 5) is 9.98. The van der Waals surface area contributed by atoms with Gasteiger partial charge in [0.25, 0.3) is 0 Å². The molecule has 0 aromatic rings. The van der Waals surface area contributed by atoms with Crippen LogP contribution in [0.1, 0.15) is 0 Å². The molecule has 5 nitrogen and oxygen atoms in total. The molecule has 0 aliphatic heterocycles. The molecule has 9 heavy (non-hydrogen) atoms. The average molecular weight is 133 g/mol. The smallest absolute Gasteiger partial charge is 0.312 e. The minimum absolute atomic E-state index is 0.117. The molecule has 54 valence electrons. The number of aliphatic hydroxyl groups is 1. The number of nitrogens with one attached hydrogen (secondary N) is 1. The van der Waals surface area contributed by atoms with Crippen LogP contribution < -0.4 is 16.8 Å². The van der Waals surface area contributed by atoms with Gasteiger partial charge in [-0.2, -0.15) is 0 Å². The van der Waals surface area contributed by atoms with Crippen molar-refractivity contribution in [3.05, 3.63) is 0 Å². The van der Waals surface area contributed by atoms with Crippen molar-refractivity contribution in [3.63, 3.8) is 0 Å². The molecular weight excluding hydrogens is 122 g/mol. The van der Waals surface area contributed by atoms with Crippen molar-refractivity contribution in [2.45, 2.75) is 6.10 Å². The number of carbonyl (C=O) groups excluding carboxylic acids is 1. The standard InChI is InChI=1S/C4H11N3O2/c5-1-3(8)2-7-4(6)9/h3,8H,1-2,5H2,(H3,6,7,9). The first-order valence-corrected chi connectivity index (χ1v) is 2.58. The Morgan fingerprint density at radius 1 is 1.78 bits per heavy atom. The minimum Gasteiger partial charge on any atom is -0.390 e. The third-order valence-electron chi connectivity index (χ3n) is 0.784. The highest BCUT2D eigenvalue weighted by Crippen LogP contribution is 1.72. The quantitative estimate of drug-likeness (QED) is 0.357. The molecule has 2 amide bonds. The number of amides is 2. The molecule has 6 N–H and O–H groups in total. The molecule has 0 saturated carbocycles. The van der Waals surface area contributed by atoms with Crippen LogP contribution >= 0.6 is 0 Å². The predicted octanol–water partition coefficient (Wildman–Crippen LogP) is -2.03. The summed E-state index contributed by atoms with van der Waals surface area (Å²) in [5, 5.41) is 10.9. The first-order chi connectivity index (χ1) is 4.16. The molecule has 0 aliphatic carbocycles. The van der Waals surface area contributed by atoms with Crippen molar-refractivity contribution in [1.29, 1.82) is 0 Å². The number of nitrogens with two attached hydrogens (primary N) is 2. The second-order valence-corrected chi connectivity index (χ2v) is 1.63. The first kappa shape index (κ1) is 8.19. The fraction of sp³-hybridized carbons (Fsp3) is 0.750. The van der Waals surface area contributed by atoms with E-state index in [1.807, 2.05) is 0 Å². The van der Waals surface area contributed by atoms with E-state index < -0.39 is 12.1 Å². The Morgan fingerprint density at radius 3 is 2.67 bits per heavy atom. The van der Waals surface area contributed by atoms with Crippen molar-refractivity contribution < 1.29 is 9.90 Å². The van der Waals surface area contributed by atoms with Gasteiger partial charge < -0.3 is 21.9 Å². The van der Waals surface area contributed by atoms with Gasteiger partial charge in [-0.25, -0.2) is 4.79 Å². The third-order valence-corrected chi connectivity index (χ3v) is 0.784. The molecule has 0 bridgehead atoms. The first-order valence-electron chi connectivity index (χ1n) is 2.58. The topological polar surface area (TPSA) is 101 Å². The van der Waals surface area contributed by atoms with Gasteiger partial charge in [0, 0.05) is 13.1 Å². The van der Waals surface area contributed by atoms with Crippen LogP contribution in [0.3, 0.4) is 0 Å². The lowest BCUT2D eigenvalue weighted by Gasteiger charge is -2.05. The number of hydrogen-bond donors (Lipinski definition) is 4. The molecule has 0 fully saturated rings. The van der Waals surface area contributed by atoms with Crippen LogP contribution in [0.15, 0.2) is 0 Å². The zero-order valence-corrected chi connectivity index (χ0v) is 5.00. The summed E-state index contributed by atoms with van der Waals surface area (Å²) >= 11 is 0. The largest absolute Gasteiger partial charge is 0.390 e. The maximum Gasteiger partial charge on any atom is 0.312 e. The maximum absolute atomic E-state index is 9.98. The molecule has 0 aliphatic rings. The predicted molar refractivity (Wildman–Crippen MR) is 32.6 cm³/mol. The number of rotatable bonds is 3. The molecule has 0 aromatic carbocycles. The molecule has 0 saturated heterocycles. The summed E-state index contributed by atoms with van der Waals surface area (Å²) in [5.41, 5.74) is 9.71. The van der Waals surface area contributed by atoms with Crippen LogP contribution in [0.4, 0.5) is 4.79 Å². The van der Waals surface area contributed by atoms with Crippen molar-refractivity contribution in [1.82, 2.24) is 5.32 Å². The third kappa shape index (κ3) is 5.05. The molecule has 1 atom stereocenters. The highest BCUT2D eigenvalue weighted by atomic mass is 16.3. The van der Waals surface area contributed by atoms with Gasteiger partial charge >= 0.3 is 6.03 Å². The van der Waals surface area contributed by atoms with Crippen molar-refractivity contribution >= 4 is 6.03 Å². The van der Waals surface area contributed by atoms with Crippen molar-refractivity contribution in [2.24, 2.45) is 11.5 Å². The van der Waals surface area contributed by atoms with E-state index in [4.69, 9.17) is 16.6 Å². The molecule has 0 heterocycles. The summed E-state index contributed by atoms with van der Waals surface area (Å²) in [6.07, 6.45) is -0.697. The number of aliphatic hydroxyl groups excluding tert-OH is 1. The van der Waals surface area contributed by atoms with Gasteiger partial charge in [-0.1, -0.05) is 0 Å². The van der Waals surface area contributed by atoms with Crippen LogP contribution in [0, 0.1) is 0 Å². The molecule has 0 spiro atoms. The zero-order valence-electron chi connectivity index (χ0n) is 5.00. The molecule has 0 radical (unpaired) electrons. The Morgan fingerprint density at radius 2 is 2.33 bits per heavy atom.